The van der Waals surface area contributed by atoms with Gasteiger partial charge in [0.05, 0.1) is 11.3 Å². The number of carbonyl (C=O) groups excluding carboxylic acids is 1. The van der Waals surface area contributed by atoms with Crippen LogP contribution in [-0.4, -0.2) is 28.3 Å². The molecule has 7 heteroatoms. The van der Waals surface area contributed by atoms with E-state index in [0.29, 0.717) is 29.4 Å². The molecule has 0 aliphatic carbocycles. The molecular formula is C20H16N2O4S. The van der Waals surface area contributed by atoms with Gasteiger partial charge in [-0.25, -0.2) is 0 Å². The molecule has 0 spiro atoms. The molecule has 1 aromatic heterocycles. The van der Waals surface area contributed by atoms with E-state index in [1.165, 1.54) is 11.8 Å². The molecule has 3 heterocycles. The van der Waals surface area contributed by atoms with Gasteiger partial charge in [0, 0.05) is 12.1 Å². The molecule has 0 bridgehead atoms. The zero-order valence-corrected chi connectivity index (χ0v) is 15.1. The van der Waals surface area contributed by atoms with Crippen LogP contribution in [0.1, 0.15) is 16.5 Å². The Hall–Kier alpha value is -2.93. The molecule has 2 aliphatic heterocycles. The first-order valence-electron chi connectivity index (χ1n) is 8.60. The molecule has 3 aromatic rings. The quantitative estimate of drug-likeness (QED) is 0.756. The topological polar surface area (TPSA) is 71.6 Å². The number of rotatable bonds is 3. The number of hydrogen-bond donors (Lipinski definition) is 1. The molecule has 27 heavy (non-hydrogen) atoms. The van der Waals surface area contributed by atoms with Crippen molar-refractivity contribution in [3.63, 3.8) is 0 Å². The van der Waals surface area contributed by atoms with Crippen LogP contribution in [0.15, 0.2) is 53.3 Å². The predicted molar refractivity (Wildman–Crippen MR) is 103 cm³/mol. The van der Waals surface area contributed by atoms with E-state index in [0.717, 1.165) is 16.5 Å². The highest BCUT2D eigenvalue weighted by molar-refractivity contribution is 8.00. The van der Waals surface area contributed by atoms with Crippen molar-refractivity contribution in [1.29, 1.82) is 0 Å². The Morgan fingerprint density at radius 1 is 1.07 bits per heavy atom. The largest absolute Gasteiger partial charge is 0.454 e. The molecule has 1 atom stereocenters. The maximum atomic E-state index is 12.6. The van der Waals surface area contributed by atoms with Crippen LogP contribution in [0, 0.1) is 0 Å². The average molecular weight is 380 g/mol. The first kappa shape index (κ1) is 16.3. The van der Waals surface area contributed by atoms with E-state index in [4.69, 9.17) is 9.47 Å². The molecule has 1 fully saturated rings. The summed E-state index contributed by atoms with van der Waals surface area (Å²) in [4.78, 5) is 29.8. The van der Waals surface area contributed by atoms with E-state index < -0.39 is 0 Å². The summed E-state index contributed by atoms with van der Waals surface area (Å²) in [6, 6.07) is 15.2. The highest BCUT2D eigenvalue weighted by atomic mass is 32.2. The van der Waals surface area contributed by atoms with E-state index in [-0.39, 0.29) is 23.6 Å². The number of aromatic amines is 1. The molecule has 1 N–H and O–H groups in total. The SMILES string of the molecule is O=C1CSC(c2cc3ccccc3[nH]c2=O)N1Cc1ccc2c(c1)OCO2. The average Bonchev–Trinajstić information content (AvgIpc) is 3.28. The molecule has 136 valence electrons. The third kappa shape index (κ3) is 2.84. The lowest BCUT2D eigenvalue weighted by atomic mass is 10.1. The van der Waals surface area contributed by atoms with Gasteiger partial charge in [-0.2, -0.15) is 0 Å². The van der Waals surface area contributed by atoms with Crippen molar-refractivity contribution >= 4 is 28.6 Å². The number of benzene rings is 2. The third-order valence-corrected chi connectivity index (χ3v) is 6.04. The second-order valence-corrected chi connectivity index (χ2v) is 7.58. The van der Waals surface area contributed by atoms with Gasteiger partial charge >= 0.3 is 0 Å². The minimum absolute atomic E-state index is 0.0234. The highest BCUT2D eigenvalue weighted by Gasteiger charge is 2.34. The smallest absolute Gasteiger partial charge is 0.254 e. The molecule has 0 radical (unpaired) electrons. The van der Waals surface area contributed by atoms with Crippen LogP contribution in [0.5, 0.6) is 11.5 Å². The van der Waals surface area contributed by atoms with Crippen LogP contribution in [0.2, 0.25) is 0 Å². The summed E-state index contributed by atoms with van der Waals surface area (Å²) < 4.78 is 10.8. The second-order valence-electron chi connectivity index (χ2n) is 6.51. The first-order chi connectivity index (χ1) is 13.2. The number of nitrogens with zero attached hydrogens (tertiary/aromatic N) is 1. The second kappa shape index (κ2) is 6.35. The van der Waals surface area contributed by atoms with Gasteiger partial charge in [0.1, 0.15) is 5.37 Å². The predicted octanol–water partition coefficient (Wildman–Crippen LogP) is 3.03. The molecule has 0 saturated carbocycles. The summed E-state index contributed by atoms with van der Waals surface area (Å²) in [5.41, 5.74) is 2.18. The summed E-state index contributed by atoms with van der Waals surface area (Å²) >= 11 is 1.48. The van der Waals surface area contributed by atoms with Crippen molar-refractivity contribution in [1.82, 2.24) is 9.88 Å². The maximum Gasteiger partial charge on any atom is 0.254 e. The minimum Gasteiger partial charge on any atom is -0.454 e. The summed E-state index contributed by atoms with van der Waals surface area (Å²) in [5.74, 6) is 1.78. The number of pyridine rings is 1. The molecule has 2 aromatic carbocycles. The molecule has 6 nitrogen and oxygen atoms in total. The van der Waals surface area contributed by atoms with E-state index in [1.807, 2.05) is 48.5 Å². The van der Waals surface area contributed by atoms with Gasteiger partial charge in [-0.3, -0.25) is 9.59 Å². The van der Waals surface area contributed by atoms with Crippen molar-refractivity contribution < 1.29 is 14.3 Å². The highest BCUT2D eigenvalue weighted by Crippen LogP contribution is 2.40. The van der Waals surface area contributed by atoms with Gasteiger partial charge in [0.15, 0.2) is 11.5 Å². The van der Waals surface area contributed by atoms with E-state index in [2.05, 4.69) is 4.98 Å². The standard InChI is InChI=1S/C20H16N2O4S/c23-18-10-27-20(14-8-13-3-1-2-4-15(13)21-19(14)24)22(18)9-12-5-6-16-17(7-12)26-11-25-16/h1-8,20H,9-11H2,(H,21,24). The van der Waals surface area contributed by atoms with Crippen molar-refractivity contribution in [3.05, 3.63) is 70.0 Å². The number of H-pyrrole nitrogens is 1. The van der Waals surface area contributed by atoms with Gasteiger partial charge in [0.2, 0.25) is 12.7 Å². The van der Waals surface area contributed by atoms with Crippen LogP contribution in [-0.2, 0) is 11.3 Å². The van der Waals surface area contributed by atoms with Gasteiger partial charge in [0.25, 0.3) is 5.56 Å². The third-order valence-electron chi connectivity index (χ3n) is 4.81. The Bertz CT molecular complexity index is 1110. The van der Waals surface area contributed by atoms with Gasteiger partial charge in [-0.05, 0) is 35.2 Å². The van der Waals surface area contributed by atoms with Crippen molar-refractivity contribution in [2.24, 2.45) is 0 Å². The number of thioether (sulfide) groups is 1. The summed E-state index contributed by atoms with van der Waals surface area (Å²) in [6.45, 7) is 0.631. The zero-order valence-electron chi connectivity index (χ0n) is 14.3. The van der Waals surface area contributed by atoms with E-state index in [9.17, 15) is 9.59 Å². The number of carbonyl (C=O) groups is 1. The van der Waals surface area contributed by atoms with Crippen LogP contribution >= 0.6 is 11.8 Å². The molecule has 5 rings (SSSR count). The summed E-state index contributed by atoms with van der Waals surface area (Å²) in [7, 11) is 0. The summed E-state index contributed by atoms with van der Waals surface area (Å²) in [5, 5.41) is 0.645. The van der Waals surface area contributed by atoms with E-state index >= 15 is 0 Å². The van der Waals surface area contributed by atoms with Crippen LogP contribution in [0.4, 0.5) is 0 Å². The van der Waals surface area contributed by atoms with Crippen molar-refractivity contribution in [3.8, 4) is 11.5 Å². The lowest BCUT2D eigenvalue weighted by molar-refractivity contribution is -0.128. The minimum atomic E-state index is -0.309. The lowest BCUT2D eigenvalue weighted by Crippen LogP contribution is -2.30. The summed E-state index contributed by atoms with van der Waals surface area (Å²) in [6.07, 6.45) is 0. The van der Waals surface area contributed by atoms with Crippen molar-refractivity contribution in [2.45, 2.75) is 11.9 Å². The number of fused-ring (bicyclic) bond motifs is 2. The Balaban J connectivity index is 1.50. The Morgan fingerprint density at radius 3 is 2.85 bits per heavy atom. The monoisotopic (exact) mass is 380 g/mol. The first-order valence-corrected chi connectivity index (χ1v) is 9.65. The molecule has 1 unspecified atom stereocenters. The number of amides is 1. The fraction of sp³-hybridized carbons (Fsp3) is 0.200. The van der Waals surface area contributed by atoms with Gasteiger partial charge in [-0.15, -0.1) is 11.8 Å². The molecular weight excluding hydrogens is 364 g/mol. The normalized spacial score (nSPS) is 18.4. The number of aromatic nitrogens is 1. The van der Waals surface area contributed by atoms with Crippen LogP contribution in [0.25, 0.3) is 10.9 Å². The van der Waals surface area contributed by atoms with E-state index in [1.54, 1.807) is 4.90 Å². The van der Waals surface area contributed by atoms with Crippen LogP contribution in [0.3, 0.4) is 0 Å². The number of nitrogens with one attached hydrogen (secondary N) is 1. The Kier molecular flexibility index (Phi) is 3.82. The number of hydrogen-bond acceptors (Lipinski definition) is 5. The van der Waals surface area contributed by atoms with Gasteiger partial charge in [-0.1, -0.05) is 24.3 Å². The number of ether oxygens (including phenoxy) is 2. The molecule has 1 saturated heterocycles. The molecule has 2 aliphatic rings. The number of para-hydroxylation sites is 1. The van der Waals surface area contributed by atoms with Crippen molar-refractivity contribution in [2.75, 3.05) is 12.5 Å². The maximum absolute atomic E-state index is 12.6. The van der Waals surface area contributed by atoms with Crippen LogP contribution < -0.4 is 15.0 Å². The Morgan fingerprint density at radius 2 is 1.93 bits per heavy atom. The van der Waals surface area contributed by atoms with Gasteiger partial charge < -0.3 is 19.4 Å². The fourth-order valence-electron chi connectivity index (χ4n) is 3.47. The lowest BCUT2D eigenvalue weighted by Gasteiger charge is -2.24. The molecule has 1 amide bonds. The fourth-order valence-corrected chi connectivity index (χ4v) is 4.66. The Labute approximate surface area is 159 Å². The zero-order chi connectivity index (χ0) is 18.4.